The fourth-order valence-electron chi connectivity index (χ4n) is 1.64. The Labute approximate surface area is 109 Å². The average molecular weight is 269 g/mol. The highest BCUT2D eigenvalue weighted by molar-refractivity contribution is 8.76. The van der Waals surface area contributed by atoms with Crippen molar-refractivity contribution >= 4 is 21.6 Å². The van der Waals surface area contributed by atoms with Crippen LogP contribution in [-0.2, 0) is 5.75 Å². The highest BCUT2D eigenvalue weighted by atomic mass is 33.1. The summed E-state index contributed by atoms with van der Waals surface area (Å²) in [4.78, 5) is 4.60. The number of rotatable bonds is 4. The van der Waals surface area contributed by atoms with Crippen LogP contribution >= 0.6 is 21.6 Å². The van der Waals surface area contributed by atoms with Crippen molar-refractivity contribution in [3.63, 3.8) is 0 Å². The molecule has 2 heterocycles. The lowest BCUT2D eigenvalue weighted by Gasteiger charge is -2.18. The molecule has 92 valence electrons. The summed E-state index contributed by atoms with van der Waals surface area (Å²) in [6.45, 7) is 2.01. The molecule has 17 heavy (non-hydrogen) atoms. The molecule has 0 fully saturated rings. The topological polar surface area (TPSA) is 52.9 Å². The predicted molar refractivity (Wildman–Crippen MR) is 72.3 cm³/mol. The molecular weight excluding hydrogens is 254 g/mol. The van der Waals surface area contributed by atoms with E-state index in [2.05, 4.69) is 33.2 Å². The lowest BCUT2D eigenvalue weighted by atomic mass is 10.1. The van der Waals surface area contributed by atoms with E-state index < -0.39 is 0 Å². The lowest BCUT2D eigenvalue weighted by Crippen LogP contribution is -2.28. The van der Waals surface area contributed by atoms with E-state index in [0.717, 1.165) is 22.7 Å². The molecule has 1 aliphatic heterocycles. The first-order chi connectivity index (χ1) is 8.22. The van der Waals surface area contributed by atoms with Crippen molar-refractivity contribution in [1.29, 1.82) is 0 Å². The third kappa shape index (κ3) is 2.91. The van der Waals surface area contributed by atoms with Crippen LogP contribution in [0.1, 0.15) is 23.1 Å². The van der Waals surface area contributed by atoms with Gasteiger partial charge in [-0.3, -0.25) is 4.98 Å². The Morgan fingerprint density at radius 3 is 2.94 bits per heavy atom. The Hall–Kier alpha value is -0.790. The summed E-state index contributed by atoms with van der Waals surface area (Å²) < 4.78 is 0. The molecule has 1 unspecified atom stereocenters. The molecule has 1 atom stereocenters. The van der Waals surface area contributed by atoms with Gasteiger partial charge in [0.2, 0.25) is 0 Å². The highest BCUT2D eigenvalue weighted by Gasteiger charge is 2.24. The second-order valence-corrected chi connectivity index (χ2v) is 6.28. The van der Waals surface area contributed by atoms with Crippen LogP contribution in [0.5, 0.6) is 0 Å². The van der Waals surface area contributed by atoms with E-state index >= 15 is 0 Å². The summed E-state index contributed by atoms with van der Waals surface area (Å²) in [5.41, 5.74) is 6.06. The van der Waals surface area contributed by atoms with Gasteiger partial charge in [-0.25, -0.2) is 5.53 Å². The summed E-state index contributed by atoms with van der Waals surface area (Å²) in [5.74, 6) is 0.887. The monoisotopic (exact) mass is 269 g/mol. The van der Waals surface area contributed by atoms with Crippen LogP contribution in [-0.4, -0.2) is 23.3 Å². The van der Waals surface area contributed by atoms with Crippen LogP contribution in [0, 0.1) is 6.92 Å². The molecule has 0 amide bonds. The molecular formula is C10H15N5S2. The highest BCUT2D eigenvalue weighted by Crippen LogP contribution is 2.30. The van der Waals surface area contributed by atoms with E-state index in [0.29, 0.717) is 0 Å². The molecule has 1 aliphatic rings. The van der Waals surface area contributed by atoms with Crippen molar-refractivity contribution < 1.29 is 0 Å². The number of aromatic nitrogens is 1. The summed E-state index contributed by atoms with van der Waals surface area (Å²) in [5, 5.41) is 9.87. The van der Waals surface area contributed by atoms with Gasteiger partial charge >= 0.3 is 0 Å². The van der Waals surface area contributed by atoms with E-state index in [4.69, 9.17) is 0 Å². The smallest absolute Gasteiger partial charge is 0.170 e. The largest absolute Gasteiger partial charge is 0.257 e. The standard InChI is InChI=1S/C10H15N5S2/c1-7-4-5-8(9(11-7)6-17-16-3)10-12-13-14-15(10)2/h4-5,10H,6H2,1-3H3,(H,12,14). The maximum atomic E-state index is 4.60. The van der Waals surface area contributed by atoms with Gasteiger partial charge in [0.15, 0.2) is 6.17 Å². The second-order valence-electron chi connectivity index (χ2n) is 3.72. The Balaban J connectivity index is 2.28. The van der Waals surface area contributed by atoms with E-state index in [1.165, 1.54) is 0 Å². The Kier molecular flexibility index (Phi) is 4.25. The van der Waals surface area contributed by atoms with Gasteiger partial charge in [-0.2, -0.15) is 5.01 Å². The van der Waals surface area contributed by atoms with Crippen molar-refractivity contribution in [2.75, 3.05) is 13.3 Å². The number of nitrogens with zero attached hydrogens (tertiary/aromatic N) is 4. The number of aryl methyl sites for hydroxylation is 1. The molecule has 0 bridgehead atoms. The Bertz CT molecular complexity index is 423. The van der Waals surface area contributed by atoms with Gasteiger partial charge in [-0.15, -0.1) is 5.11 Å². The lowest BCUT2D eigenvalue weighted by molar-refractivity contribution is 0.221. The zero-order chi connectivity index (χ0) is 12.3. The summed E-state index contributed by atoms with van der Waals surface area (Å²) in [6.07, 6.45) is 2.00. The molecule has 1 N–H and O–H groups in total. The fourth-order valence-corrected chi connectivity index (χ4v) is 2.79. The zero-order valence-corrected chi connectivity index (χ0v) is 11.7. The van der Waals surface area contributed by atoms with E-state index in [1.807, 2.05) is 25.0 Å². The van der Waals surface area contributed by atoms with Crippen molar-refractivity contribution in [2.45, 2.75) is 18.8 Å². The number of hydrogen-bond donors (Lipinski definition) is 1. The van der Waals surface area contributed by atoms with Gasteiger partial charge in [0, 0.05) is 24.1 Å². The molecule has 1 aromatic heterocycles. The molecule has 0 aliphatic carbocycles. The third-order valence-electron chi connectivity index (χ3n) is 2.48. The SMILES string of the molecule is CSSCc1nc(C)ccc1C1N=NNN1C. The first-order valence-electron chi connectivity index (χ1n) is 5.22. The number of hydrogen-bond acceptors (Lipinski definition) is 7. The van der Waals surface area contributed by atoms with E-state index in [9.17, 15) is 0 Å². The molecule has 5 nitrogen and oxygen atoms in total. The molecule has 1 aromatic rings. The Morgan fingerprint density at radius 2 is 2.29 bits per heavy atom. The summed E-state index contributed by atoms with van der Waals surface area (Å²) in [7, 11) is 5.46. The number of nitrogens with one attached hydrogen (secondary N) is 1. The first-order valence-corrected chi connectivity index (χ1v) is 7.95. The van der Waals surface area contributed by atoms with Gasteiger partial charge in [-0.05, 0) is 19.2 Å². The maximum Gasteiger partial charge on any atom is 0.170 e. The van der Waals surface area contributed by atoms with Crippen LogP contribution in [0.15, 0.2) is 22.5 Å². The molecule has 7 heteroatoms. The van der Waals surface area contributed by atoms with Gasteiger partial charge in [0.25, 0.3) is 0 Å². The predicted octanol–water partition coefficient (Wildman–Crippen LogP) is 2.72. The normalized spacial score (nSPS) is 19.6. The minimum Gasteiger partial charge on any atom is -0.257 e. The van der Waals surface area contributed by atoms with E-state index in [-0.39, 0.29) is 6.17 Å². The number of hydrazine groups is 1. The van der Waals surface area contributed by atoms with Crippen molar-refractivity contribution in [2.24, 2.45) is 10.3 Å². The zero-order valence-electron chi connectivity index (χ0n) is 10.0. The van der Waals surface area contributed by atoms with Crippen LogP contribution in [0.4, 0.5) is 0 Å². The van der Waals surface area contributed by atoms with Gasteiger partial charge in [-0.1, -0.05) is 32.9 Å². The van der Waals surface area contributed by atoms with Crippen LogP contribution in [0.3, 0.4) is 0 Å². The quantitative estimate of drug-likeness (QED) is 0.852. The molecule has 0 aromatic carbocycles. The summed E-state index contributed by atoms with van der Waals surface area (Å²) in [6, 6.07) is 4.11. The minimum absolute atomic E-state index is 0.0689. The van der Waals surface area contributed by atoms with Crippen molar-refractivity contribution in [1.82, 2.24) is 15.5 Å². The van der Waals surface area contributed by atoms with Crippen molar-refractivity contribution in [3.05, 3.63) is 29.1 Å². The summed E-state index contributed by atoms with van der Waals surface area (Å²) >= 11 is 0. The van der Waals surface area contributed by atoms with Crippen molar-refractivity contribution in [3.8, 4) is 0 Å². The third-order valence-corrected chi connectivity index (χ3v) is 4.16. The molecule has 0 spiro atoms. The average Bonchev–Trinajstić information content (AvgIpc) is 2.73. The molecule has 0 saturated heterocycles. The van der Waals surface area contributed by atoms with E-state index in [1.54, 1.807) is 21.6 Å². The van der Waals surface area contributed by atoms with Gasteiger partial charge in [0.05, 0.1) is 5.69 Å². The molecule has 2 rings (SSSR count). The van der Waals surface area contributed by atoms with Gasteiger partial charge in [0.1, 0.15) is 0 Å². The molecule has 0 radical (unpaired) electrons. The fraction of sp³-hybridized carbons (Fsp3) is 0.500. The second kappa shape index (κ2) is 5.70. The van der Waals surface area contributed by atoms with Crippen LogP contribution in [0.25, 0.3) is 0 Å². The van der Waals surface area contributed by atoms with Gasteiger partial charge < -0.3 is 0 Å². The first kappa shape index (κ1) is 12.7. The Morgan fingerprint density at radius 1 is 1.47 bits per heavy atom. The van der Waals surface area contributed by atoms with Crippen LogP contribution < -0.4 is 5.53 Å². The minimum atomic E-state index is -0.0689. The number of pyridine rings is 1. The maximum absolute atomic E-state index is 4.60. The van der Waals surface area contributed by atoms with Crippen LogP contribution in [0.2, 0.25) is 0 Å². The molecule has 0 saturated carbocycles.